The van der Waals surface area contributed by atoms with Crippen LogP contribution in [0, 0.1) is 13.8 Å². The monoisotopic (exact) mass is 383 g/mol. The van der Waals surface area contributed by atoms with Crippen LogP contribution in [-0.2, 0) is 4.79 Å². The van der Waals surface area contributed by atoms with E-state index in [2.05, 4.69) is 5.32 Å². The summed E-state index contributed by atoms with van der Waals surface area (Å²) in [4.78, 5) is 12.9. The molecule has 0 aromatic heterocycles. The molecule has 1 amide bonds. The topological polar surface area (TPSA) is 56.8 Å². The molecule has 0 saturated carbocycles. The summed E-state index contributed by atoms with van der Waals surface area (Å²) in [6.07, 6.45) is 0.0713. The van der Waals surface area contributed by atoms with Crippen molar-refractivity contribution in [3.8, 4) is 17.2 Å². The fraction of sp³-hybridized carbons (Fsp3) is 0.435. The molecule has 0 unspecified atom stereocenters. The molecule has 0 fully saturated rings. The average molecular weight is 383 g/mol. The molecular formula is C23H29NO4. The maximum absolute atomic E-state index is 12.9. The summed E-state index contributed by atoms with van der Waals surface area (Å²) in [6, 6.07) is 11.5. The number of methoxy groups -OCH3 is 1. The van der Waals surface area contributed by atoms with Gasteiger partial charge in [0.15, 0.2) is 6.10 Å². The van der Waals surface area contributed by atoms with E-state index >= 15 is 0 Å². The second-order valence-corrected chi connectivity index (χ2v) is 8.06. The van der Waals surface area contributed by atoms with E-state index in [4.69, 9.17) is 14.2 Å². The summed E-state index contributed by atoms with van der Waals surface area (Å²) >= 11 is 0. The molecule has 1 aliphatic heterocycles. The molecule has 2 aromatic carbocycles. The number of rotatable bonds is 5. The van der Waals surface area contributed by atoms with Crippen LogP contribution in [0.5, 0.6) is 17.2 Å². The Bertz CT molecular complexity index is 875. The number of hydrogen-bond donors (Lipinski definition) is 1. The lowest BCUT2D eigenvalue weighted by atomic mass is 9.89. The van der Waals surface area contributed by atoms with Crippen molar-refractivity contribution in [2.75, 3.05) is 7.11 Å². The van der Waals surface area contributed by atoms with Crippen molar-refractivity contribution in [3.63, 3.8) is 0 Å². The number of carbonyl (C=O) groups excluding carboxylic acids is 1. The van der Waals surface area contributed by atoms with Crippen molar-refractivity contribution in [2.24, 2.45) is 0 Å². The van der Waals surface area contributed by atoms with Crippen LogP contribution in [0.1, 0.15) is 49.9 Å². The van der Waals surface area contributed by atoms with Crippen LogP contribution >= 0.6 is 0 Å². The second-order valence-electron chi connectivity index (χ2n) is 8.06. The standard InChI is InChI=1S/C23H29NO4/c1-14-7-8-15(2)20(11-14)27-16(3)22(25)24-19-13-23(4,5)28-21-12-17(26-6)9-10-18(19)21/h7-12,16,19H,13H2,1-6H3,(H,24,25)/t16-,19+/m0/s1. The number of nitrogens with one attached hydrogen (secondary N) is 1. The van der Waals surface area contributed by atoms with Gasteiger partial charge in [-0.3, -0.25) is 4.79 Å². The predicted octanol–water partition coefficient (Wildman–Crippen LogP) is 4.50. The molecule has 150 valence electrons. The van der Waals surface area contributed by atoms with Crippen LogP contribution in [0.15, 0.2) is 36.4 Å². The molecule has 1 heterocycles. The third-order valence-electron chi connectivity index (χ3n) is 5.01. The molecule has 2 atom stereocenters. The summed E-state index contributed by atoms with van der Waals surface area (Å²) < 4.78 is 17.3. The van der Waals surface area contributed by atoms with Crippen molar-refractivity contribution in [3.05, 3.63) is 53.1 Å². The lowest BCUT2D eigenvalue weighted by molar-refractivity contribution is -0.128. The van der Waals surface area contributed by atoms with Crippen LogP contribution in [0.4, 0.5) is 0 Å². The normalized spacial score (nSPS) is 18.4. The highest BCUT2D eigenvalue weighted by Crippen LogP contribution is 2.41. The minimum atomic E-state index is -0.604. The first-order valence-electron chi connectivity index (χ1n) is 9.60. The van der Waals surface area contributed by atoms with Gasteiger partial charge in [0.1, 0.15) is 22.8 Å². The van der Waals surface area contributed by atoms with E-state index in [9.17, 15) is 4.79 Å². The maximum Gasteiger partial charge on any atom is 0.261 e. The van der Waals surface area contributed by atoms with Gasteiger partial charge >= 0.3 is 0 Å². The van der Waals surface area contributed by atoms with E-state index in [0.29, 0.717) is 6.42 Å². The lowest BCUT2D eigenvalue weighted by Gasteiger charge is -2.38. The fourth-order valence-corrected chi connectivity index (χ4v) is 3.45. The van der Waals surface area contributed by atoms with Gasteiger partial charge in [-0.05, 0) is 63.9 Å². The van der Waals surface area contributed by atoms with Gasteiger partial charge in [-0.1, -0.05) is 12.1 Å². The van der Waals surface area contributed by atoms with Crippen LogP contribution in [0.2, 0.25) is 0 Å². The molecule has 28 heavy (non-hydrogen) atoms. The molecule has 5 nitrogen and oxygen atoms in total. The van der Waals surface area contributed by atoms with E-state index < -0.39 is 11.7 Å². The molecule has 3 rings (SSSR count). The molecule has 0 saturated heterocycles. The average Bonchev–Trinajstić information content (AvgIpc) is 2.63. The van der Waals surface area contributed by atoms with E-state index in [1.54, 1.807) is 14.0 Å². The Morgan fingerprint density at radius 2 is 1.96 bits per heavy atom. The molecular weight excluding hydrogens is 354 g/mol. The van der Waals surface area contributed by atoms with Crippen LogP contribution in [0.3, 0.4) is 0 Å². The quantitative estimate of drug-likeness (QED) is 0.826. The Hall–Kier alpha value is -2.69. The Balaban J connectivity index is 1.77. The Kier molecular flexibility index (Phi) is 5.54. The molecule has 0 aliphatic carbocycles. The molecule has 0 spiro atoms. The summed E-state index contributed by atoms with van der Waals surface area (Å²) in [5, 5.41) is 3.14. The van der Waals surface area contributed by atoms with Gasteiger partial charge in [-0.15, -0.1) is 0 Å². The third-order valence-corrected chi connectivity index (χ3v) is 5.01. The second kappa shape index (κ2) is 7.74. The van der Waals surface area contributed by atoms with Gasteiger partial charge in [0.2, 0.25) is 0 Å². The number of carbonyl (C=O) groups is 1. The summed E-state index contributed by atoms with van der Waals surface area (Å²) in [5.41, 5.74) is 2.67. The van der Waals surface area contributed by atoms with E-state index in [1.165, 1.54) is 0 Å². The number of benzene rings is 2. The van der Waals surface area contributed by atoms with Gasteiger partial charge in [0.05, 0.1) is 13.2 Å². The number of amides is 1. The Morgan fingerprint density at radius 1 is 1.21 bits per heavy atom. The van der Waals surface area contributed by atoms with Gasteiger partial charge in [0, 0.05) is 18.1 Å². The highest BCUT2D eigenvalue weighted by atomic mass is 16.5. The van der Waals surface area contributed by atoms with Crippen molar-refractivity contribution in [2.45, 2.75) is 58.8 Å². The Labute approximate surface area is 167 Å². The first-order valence-corrected chi connectivity index (χ1v) is 9.60. The summed E-state index contributed by atoms with van der Waals surface area (Å²) in [6.45, 7) is 9.79. The van der Waals surface area contributed by atoms with Crippen LogP contribution in [-0.4, -0.2) is 24.7 Å². The highest BCUT2D eigenvalue weighted by Gasteiger charge is 2.35. The van der Waals surface area contributed by atoms with E-state index in [-0.39, 0.29) is 11.9 Å². The number of hydrogen-bond acceptors (Lipinski definition) is 4. The first-order chi connectivity index (χ1) is 13.2. The zero-order valence-electron chi connectivity index (χ0n) is 17.5. The van der Waals surface area contributed by atoms with Crippen molar-refractivity contribution in [1.29, 1.82) is 0 Å². The van der Waals surface area contributed by atoms with Gasteiger partial charge in [-0.2, -0.15) is 0 Å². The molecule has 0 radical (unpaired) electrons. The molecule has 1 aliphatic rings. The molecule has 2 aromatic rings. The van der Waals surface area contributed by atoms with Crippen molar-refractivity contribution in [1.82, 2.24) is 5.32 Å². The fourth-order valence-electron chi connectivity index (χ4n) is 3.45. The van der Waals surface area contributed by atoms with Crippen LogP contribution in [0.25, 0.3) is 0 Å². The zero-order valence-corrected chi connectivity index (χ0v) is 17.5. The molecule has 0 bridgehead atoms. The minimum absolute atomic E-state index is 0.148. The first kappa shape index (κ1) is 20.1. The van der Waals surface area contributed by atoms with Gasteiger partial charge in [-0.25, -0.2) is 0 Å². The smallest absolute Gasteiger partial charge is 0.261 e. The largest absolute Gasteiger partial charge is 0.497 e. The van der Waals surface area contributed by atoms with Gasteiger partial charge < -0.3 is 19.5 Å². The van der Waals surface area contributed by atoms with E-state index in [1.807, 2.05) is 64.1 Å². The van der Waals surface area contributed by atoms with Crippen LogP contribution < -0.4 is 19.5 Å². The third kappa shape index (κ3) is 4.41. The number of ether oxygens (including phenoxy) is 3. The SMILES string of the molecule is COc1ccc2c(c1)OC(C)(C)C[C@H]2NC(=O)[C@H](C)Oc1cc(C)ccc1C. The Morgan fingerprint density at radius 3 is 2.68 bits per heavy atom. The maximum atomic E-state index is 12.9. The lowest BCUT2D eigenvalue weighted by Crippen LogP contribution is -2.44. The zero-order chi connectivity index (χ0) is 20.5. The molecule has 1 N–H and O–H groups in total. The highest BCUT2D eigenvalue weighted by molar-refractivity contribution is 5.81. The number of aryl methyl sites for hydroxylation is 2. The summed E-state index contributed by atoms with van der Waals surface area (Å²) in [5.74, 6) is 2.06. The number of fused-ring (bicyclic) bond motifs is 1. The summed E-state index contributed by atoms with van der Waals surface area (Å²) in [7, 11) is 1.63. The minimum Gasteiger partial charge on any atom is -0.497 e. The van der Waals surface area contributed by atoms with Crippen molar-refractivity contribution < 1.29 is 19.0 Å². The van der Waals surface area contributed by atoms with Crippen molar-refractivity contribution >= 4 is 5.91 Å². The van der Waals surface area contributed by atoms with E-state index in [0.717, 1.165) is 33.9 Å². The van der Waals surface area contributed by atoms with Gasteiger partial charge in [0.25, 0.3) is 5.91 Å². The predicted molar refractivity (Wildman–Crippen MR) is 109 cm³/mol. The molecule has 5 heteroatoms.